The third-order valence-corrected chi connectivity index (χ3v) is 2.38. The highest BCUT2D eigenvalue weighted by atomic mass is 19.3. The van der Waals surface area contributed by atoms with E-state index in [2.05, 4.69) is 15.0 Å². The summed E-state index contributed by atoms with van der Waals surface area (Å²) in [5, 5.41) is 2.60. The van der Waals surface area contributed by atoms with Gasteiger partial charge in [-0.15, -0.1) is 0 Å². The molecule has 0 fully saturated rings. The summed E-state index contributed by atoms with van der Waals surface area (Å²) in [4.78, 5) is 15.7. The van der Waals surface area contributed by atoms with E-state index in [1.54, 1.807) is 0 Å². The number of amides is 1. The fourth-order valence-corrected chi connectivity index (χ4v) is 1.51. The molecule has 0 spiro atoms. The van der Waals surface area contributed by atoms with E-state index in [1.165, 1.54) is 42.6 Å². The lowest BCUT2D eigenvalue weighted by molar-refractivity contribution is -0.0498. The summed E-state index contributed by atoms with van der Waals surface area (Å²) in [5.41, 5.74) is 6.28. The van der Waals surface area contributed by atoms with Crippen molar-refractivity contribution >= 4 is 17.4 Å². The van der Waals surface area contributed by atoms with E-state index in [9.17, 15) is 13.6 Å². The van der Waals surface area contributed by atoms with Crippen LogP contribution >= 0.6 is 0 Å². The van der Waals surface area contributed by atoms with E-state index in [0.29, 0.717) is 11.3 Å². The second-order valence-corrected chi connectivity index (χ2v) is 3.83. The molecule has 2 aromatic rings. The molecule has 1 heterocycles. The Kier molecular flexibility index (Phi) is 4.09. The third kappa shape index (κ3) is 3.64. The summed E-state index contributed by atoms with van der Waals surface area (Å²) in [6.07, 6.45) is 1.42. The first kappa shape index (κ1) is 13.7. The van der Waals surface area contributed by atoms with Crippen LogP contribution < -0.4 is 15.8 Å². The summed E-state index contributed by atoms with van der Waals surface area (Å²) in [6.45, 7) is -2.88. The number of alkyl halides is 2. The zero-order valence-electron chi connectivity index (χ0n) is 10.2. The second kappa shape index (κ2) is 5.96. The van der Waals surface area contributed by atoms with E-state index < -0.39 is 6.61 Å². The molecule has 0 bridgehead atoms. The van der Waals surface area contributed by atoms with Gasteiger partial charge in [-0.2, -0.15) is 8.78 Å². The van der Waals surface area contributed by atoms with Crippen LogP contribution in [0.15, 0.2) is 42.6 Å². The normalized spacial score (nSPS) is 10.3. The van der Waals surface area contributed by atoms with Gasteiger partial charge in [0.15, 0.2) is 0 Å². The van der Waals surface area contributed by atoms with Crippen molar-refractivity contribution in [1.82, 2.24) is 4.98 Å². The molecule has 5 nitrogen and oxygen atoms in total. The van der Waals surface area contributed by atoms with Crippen molar-refractivity contribution in [2.24, 2.45) is 0 Å². The number of carbonyl (C=O) groups excluding carboxylic acids is 1. The predicted octanol–water partition coefficient (Wildman–Crippen LogP) is 2.52. The SMILES string of the molecule is Nc1cc(C(=O)Nc2ccc(OC(F)F)cc2)ccn1. The zero-order chi connectivity index (χ0) is 14.5. The van der Waals surface area contributed by atoms with Crippen molar-refractivity contribution in [3.8, 4) is 5.75 Å². The number of hydrogen-bond acceptors (Lipinski definition) is 4. The molecular weight excluding hydrogens is 268 g/mol. The average molecular weight is 279 g/mol. The number of pyridine rings is 1. The number of aromatic nitrogens is 1. The van der Waals surface area contributed by atoms with Crippen LogP contribution in [0.4, 0.5) is 20.3 Å². The van der Waals surface area contributed by atoms with E-state index in [1.807, 2.05) is 0 Å². The van der Waals surface area contributed by atoms with Gasteiger partial charge >= 0.3 is 6.61 Å². The van der Waals surface area contributed by atoms with Crippen LogP contribution in [0.3, 0.4) is 0 Å². The van der Waals surface area contributed by atoms with E-state index in [-0.39, 0.29) is 17.5 Å². The van der Waals surface area contributed by atoms with Gasteiger partial charge in [-0.05, 0) is 36.4 Å². The first-order chi connectivity index (χ1) is 9.54. The molecule has 104 valence electrons. The number of nitrogen functional groups attached to an aromatic ring is 1. The highest BCUT2D eigenvalue weighted by Gasteiger charge is 2.08. The fourth-order valence-electron chi connectivity index (χ4n) is 1.51. The Morgan fingerprint density at radius 2 is 1.95 bits per heavy atom. The van der Waals surface area contributed by atoms with Gasteiger partial charge in [0, 0.05) is 17.4 Å². The van der Waals surface area contributed by atoms with Crippen molar-refractivity contribution in [3.05, 3.63) is 48.2 Å². The first-order valence-electron chi connectivity index (χ1n) is 5.62. The van der Waals surface area contributed by atoms with Crippen molar-refractivity contribution in [1.29, 1.82) is 0 Å². The molecule has 0 saturated heterocycles. The lowest BCUT2D eigenvalue weighted by Gasteiger charge is -2.07. The van der Waals surface area contributed by atoms with Crippen LogP contribution in [0.2, 0.25) is 0 Å². The third-order valence-electron chi connectivity index (χ3n) is 2.38. The molecule has 0 aliphatic rings. The number of rotatable bonds is 4. The number of nitrogens with one attached hydrogen (secondary N) is 1. The molecule has 0 atom stereocenters. The Morgan fingerprint density at radius 1 is 1.25 bits per heavy atom. The number of halogens is 2. The molecule has 1 aromatic heterocycles. The van der Waals surface area contributed by atoms with E-state index in [4.69, 9.17) is 5.73 Å². The van der Waals surface area contributed by atoms with Crippen molar-refractivity contribution in [2.75, 3.05) is 11.1 Å². The minimum atomic E-state index is -2.88. The summed E-state index contributed by atoms with van der Waals surface area (Å²) in [7, 11) is 0. The van der Waals surface area contributed by atoms with Crippen LogP contribution in [0.25, 0.3) is 0 Å². The molecule has 1 amide bonds. The van der Waals surface area contributed by atoms with Gasteiger partial charge in [0.05, 0.1) is 0 Å². The maximum Gasteiger partial charge on any atom is 0.387 e. The predicted molar refractivity (Wildman–Crippen MR) is 69.7 cm³/mol. The molecule has 7 heteroatoms. The Bertz CT molecular complexity index is 603. The fraction of sp³-hybridized carbons (Fsp3) is 0.0769. The molecule has 20 heavy (non-hydrogen) atoms. The molecule has 3 N–H and O–H groups in total. The van der Waals surface area contributed by atoms with Crippen molar-refractivity contribution in [2.45, 2.75) is 6.61 Å². The minimum absolute atomic E-state index is 0.0196. The standard InChI is InChI=1S/C13H11F2N3O2/c14-13(15)20-10-3-1-9(2-4-10)18-12(19)8-5-6-17-11(16)7-8/h1-7,13H,(H2,16,17)(H,18,19). The summed E-state index contributed by atoms with van der Waals surface area (Å²) in [5.74, 6) is -0.119. The van der Waals surface area contributed by atoms with E-state index in [0.717, 1.165) is 0 Å². The van der Waals surface area contributed by atoms with Gasteiger partial charge in [0.25, 0.3) is 5.91 Å². The molecule has 0 aliphatic carbocycles. The molecule has 0 aliphatic heterocycles. The topological polar surface area (TPSA) is 77.2 Å². The summed E-state index contributed by atoms with van der Waals surface area (Å²) in [6, 6.07) is 8.54. The van der Waals surface area contributed by atoms with Crippen LogP contribution in [0.1, 0.15) is 10.4 Å². The molecule has 0 unspecified atom stereocenters. The maximum atomic E-state index is 12.0. The van der Waals surface area contributed by atoms with Crippen LogP contribution in [-0.2, 0) is 0 Å². The number of benzene rings is 1. The number of anilines is 2. The smallest absolute Gasteiger partial charge is 0.387 e. The molecule has 2 rings (SSSR count). The minimum Gasteiger partial charge on any atom is -0.435 e. The lowest BCUT2D eigenvalue weighted by atomic mass is 10.2. The molecule has 1 aromatic carbocycles. The monoisotopic (exact) mass is 279 g/mol. The number of nitrogens with zero attached hydrogens (tertiary/aromatic N) is 1. The Labute approximate surface area is 113 Å². The average Bonchev–Trinajstić information content (AvgIpc) is 2.40. The van der Waals surface area contributed by atoms with Crippen LogP contribution in [-0.4, -0.2) is 17.5 Å². The number of nitrogens with two attached hydrogens (primary N) is 1. The summed E-state index contributed by atoms with van der Waals surface area (Å²) >= 11 is 0. The quantitative estimate of drug-likeness (QED) is 0.901. The lowest BCUT2D eigenvalue weighted by Crippen LogP contribution is -2.12. The number of hydrogen-bond donors (Lipinski definition) is 2. The van der Waals surface area contributed by atoms with Gasteiger partial charge in [-0.25, -0.2) is 4.98 Å². The van der Waals surface area contributed by atoms with Gasteiger partial charge in [0.2, 0.25) is 0 Å². The van der Waals surface area contributed by atoms with Crippen LogP contribution in [0.5, 0.6) is 5.75 Å². The van der Waals surface area contributed by atoms with Crippen LogP contribution in [0, 0.1) is 0 Å². The molecule has 0 radical (unpaired) electrons. The zero-order valence-corrected chi connectivity index (χ0v) is 10.2. The Morgan fingerprint density at radius 3 is 2.55 bits per heavy atom. The maximum absolute atomic E-state index is 12.0. The Balaban J connectivity index is 2.04. The van der Waals surface area contributed by atoms with Gasteiger partial charge in [-0.1, -0.05) is 0 Å². The second-order valence-electron chi connectivity index (χ2n) is 3.83. The highest BCUT2D eigenvalue weighted by molar-refractivity contribution is 6.04. The molecule has 0 saturated carbocycles. The van der Waals surface area contributed by atoms with Gasteiger partial charge in [0.1, 0.15) is 11.6 Å². The Hall–Kier alpha value is -2.70. The first-order valence-corrected chi connectivity index (χ1v) is 5.62. The number of ether oxygens (including phenoxy) is 1. The summed E-state index contributed by atoms with van der Waals surface area (Å²) < 4.78 is 28.2. The van der Waals surface area contributed by atoms with Crippen molar-refractivity contribution < 1.29 is 18.3 Å². The van der Waals surface area contributed by atoms with Crippen molar-refractivity contribution in [3.63, 3.8) is 0 Å². The van der Waals surface area contributed by atoms with Gasteiger partial charge in [-0.3, -0.25) is 4.79 Å². The molecular formula is C13H11F2N3O2. The van der Waals surface area contributed by atoms with E-state index >= 15 is 0 Å². The number of carbonyl (C=O) groups is 1. The largest absolute Gasteiger partial charge is 0.435 e. The highest BCUT2D eigenvalue weighted by Crippen LogP contribution is 2.18. The van der Waals surface area contributed by atoms with Gasteiger partial charge < -0.3 is 15.8 Å².